The number of amides is 10. The first-order valence-corrected chi connectivity index (χ1v) is 26.2. The Morgan fingerprint density at radius 3 is 1.24 bits per heavy atom. The molecule has 1 saturated heterocycles. The molecule has 74 heavy (non-hydrogen) atoms. The van der Waals surface area contributed by atoms with Crippen molar-refractivity contribution in [2.75, 3.05) is 6.54 Å². The number of hydrogen-bond acceptors (Lipinski definition) is 12. The summed E-state index contributed by atoms with van der Waals surface area (Å²) in [6.07, 6.45) is 0.908. The molecule has 0 aromatic carbocycles. The molecular weight excluding hydrogens is 959 g/mol. The lowest BCUT2D eigenvalue weighted by molar-refractivity contribution is -0.143. The van der Waals surface area contributed by atoms with Gasteiger partial charge in [0, 0.05) is 6.54 Å². The molecule has 1 fully saturated rings. The van der Waals surface area contributed by atoms with E-state index in [0.29, 0.717) is 6.42 Å². The van der Waals surface area contributed by atoms with Gasteiger partial charge in [-0.3, -0.25) is 47.9 Å². The van der Waals surface area contributed by atoms with Gasteiger partial charge in [0.15, 0.2) is 0 Å². The molecule has 422 valence electrons. The summed E-state index contributed by atoms with van der Waals surface area (Å²) in [7, 11) is 0. The molecule has 0 aromatic heterocycles. The van der Waals surface area contributed by atoms with Crippen LogP contribution in [0.5, 0.6) is 0 Å². The molecule has 23 nitrogen and oxygen atoms in total. The molecule has 1 aliphatic heterocycles. The summed E-state index contributed by atoms with van der Waals surface area (Å²) in [6.45, 7) is 26.4. The molecule has 0 aliphatic carbocycles. The maximum atomic E-state index is 14.4. The minimum Gasteiger partial charge on any atom is -0.480 e. The van der Waals surface area contributed by atoms with Crippen LogP contribution in [0.3, 0.4) is 0 Å². The van der Waals surface area contributed by atoms with E-state index >= 15 is 0 Å². The average Bonchev–Trinajstić information content (AvgIpc) is 3.77. The third-order valence-electron chi connectivity index (χ3n) is 12.4. The first kappa shape index (κ1) is 66.1. The van der Waals surface area contributed by atoms with Gasteiger partial charge >= 0.3 is 5.97 Å². The Morgan fingerprint density at radius 2 is 0.838 bits per heavy atom. The highest BCUT2D eigenvalue weighted by Crippen LogP contribution is 2.22. The predicted octanol–water partition coefficient (Wildman–Crippen LogP) is 0.315. The van der Waals surface area contributed by atoms with Crippen molar-refractivity contribution in [3.8, 4) is 0 Å². The highest BCUT2D eigenvalue weighted by atomic mass is 16.4. The van der Waals surface area contributed by atoms with E-state index in [4.69, 9.17) is 11.5 Å². The fraction of sp³-hybridized carbons (Fsp3) is 0.784. The molecule has 1 aliphatic rings. The van der Waals surface area contributed by atoms with Crippen molar-refractivity contribution in [3.05, 3.63) is 0 Å². The van der Waals surface area contributed by atoms with Gasteiger partial charge in [-0.15, -0.1) is 0 Å². The first-order chi connectivity index (χ1) is 34.2. The van der Waals surface area contributed by atoms with Gasteiger partial charge in [0.2, 0.25) is 59.1 Å². The lowest BCUT2D eigenvalue weighted by Gasteiger charge is -2.33. The van der Waals surface area contributed by atoms with Crippen LogP contribution >= 0.6 is 0 Å². The van der Waals surface area contributed by atoms with Crippen LogP contribution in [0.2, 0.25) is 0 Å². The molecule has 0 radical (unpaired) electrons. The number of rotatable bonds is 31. The van der Waals surface area contributed by atoms with Crippen molar-refractivity contribution in [2.45, 2.75) is 209 Å². The monoisotopic (exact) mass is 1050 g/mol. The van der Waals surface area contributed by atoms with Gasteiger partial charge in [0.1, 0.15) is 54.4 Å². The fourth-order valence-corrected chi connectivity index (χ4v) is 8.41. The van der Waals surface area contributed by atoms with Crippen molar-refractivity contribution in [2.24, 2.45) is 52.9 Å². The molecular formula is C51H91N11O12. The zero-order chi connectivity index (χ0) is 57.1. The summed E-state index contributed by atoms with van der Waals surface area (Å²) in [6, 6.07) is -11.6. The molecule has 13 N–H and O–H groups in total. The van der Waals surface area contributed by atoms with Crippen LogP contribution in [0.15, 0.2) is 0 Å². The Balaban J connectivity index is 3.28. The molecule has 10 atom stereocenters. The van der Waals surface area contributed by atoms with E-state index in [1.54, 1.807) is 41.5 Å². The van der Waals surface area contributed by atoms with E-state index < -0.39 is 150 Å². The molecule has 23 heteroatoms. The number of carboxylic acid groups (broad SMARTS) is 1. The largest absolute Gasteiger partial charge is 0.480 e. The number of likely N-dealkylation sites (tertiary alicyclic amines) is 1. The van der Waals surface area contributed by atoms with E-state index in [9.17, 15) is 57.8 Å². The lowest BCUT2D eigenvalue weighted by atomic mass is 9.97. The van der Waals surface area contributed by atoms with Crippen LogP contribution < -0.4 is 54.0 Å². The number of carbonyl (C=O) groups is 11. The number of nitrogens with one attached hydrogen (secondary N) is 8. The highest BCUT2D eigenvalue weighted by molar-refractivity contribution is 5.99. The zero-order valence-corrected chi connectivity index (χ0v) is 46.5. The van der Waals surface area contributed by atoms with E-state index in [1.807, 2.05) is 55.4 Å². The average molecular weight is 1050 g/mol. The van der Waals surface area contributed by atoms with Crippen LogP contribution in [0.1, 0.15) is 149 Å². The molecule has 10 amide bonds. The first-order valence-electron chi connectivity index (χ1n) is 26.2. The number of hydrogen-bond donors (Lipinski definition) is 11. The van der Waals surface area contributed by atoms with Crippen LogP contribution in [-0.4, -0.2) is 142 Å². The standard InChI is InChI=1S/C51H91N11O12/c1-24(2)19-33(44(66)54-31(15)42(64)55-34(20-25(3)4)46(68)58-36(51(73)74)22-27(7)8)56-45(67)35(21-26(5)6)57-47(69)37-17-16-18-62(37)50(72)41(30(13)14)61-49(71)40(29(11)12)60-48(70)39(28(9)10)59-43(65)32(52)23-38(53)63/h24-37,39-41H,16-23,52H2,1-15H3,(H2,53,63)(H,54,66)(H,55,64)(H,56,67)(H,57,69)(H,58,68)(H,59,65)(H,60,70)(H,61,71)(H,73,74)/t31-,32-,33-,34-,35-,36-,37-,39-,40-,41-/m0/s1. The van der Waals surface area contributed by atoms with Gasteiger partial charge in [-0.2, -0.15) is 0 Å². The Bertz CT molecular complexity index is 1960. The van der Waals surface area contributed by atoms with Crippen molar-refractivity contribution < 1.29 is 57.8 Å². The molecule has 1 heterocycles. The number of aliphatic carboxylic acids is 1. The van der Waals surface area contributed by atoms with E-state index in [2.05, 4.69) is 42.5 Å². The minimum atomic E-state index is -1.30. The minimum absolute atomic E-state index is 0.0325. The second kappa shape index (κ2) is 31.1. The normalized spacial score (nSPS) is 17.4. The summed E-state index contributed by atoms with van der Waals surface area (Å²) in [5.41, 5.74) is 11.0. The summed E-state index contributed by atoms with van der Waals surface area (Å²) >= 11 is 0. The summed E-state index contributed by atoms with van der Waals surface area (Å²) in [4.78, 5) is 148. The summed E-state index contributed by atoms with van der Waals surface area (Å²) in [5, 5.41) is 31.1. The second-order valence-corrected chi connectivity index (χ2v) is 22.5. The predicted molar refractivity (Wildman–Crippen MR) is 278 cm³/mol. The smallest absolute Gasteiger partial charge is 0.326 e. The van der Waals surface area contributed by atoms with E-state index in [1.165, 1.54) is 11.8 Å². The third-order valence-corrected chi connectivity index (χ3v) is 12.4. The van der Waals surface area contributed by atoms with Gasteiger partial charge in [0.25, 0.3) is 0 Å². The van der Waals surface area contributed by atoms with Gasteiger partial charge in [-0.25, -0.2) is 4.79 Å². The number of carboxylic acids is 1. The van der Waals surface area contributed by atoms with Crippen LogP contribution in [0.25, 0.3) is 0 Å². The van der Waals surface area contributed by atoms with Gasteiger partial charge in [-0.1, -0.05) is 96.9 Å². The molecule has 0 saturated carbocycles. The number of nitrogens with zero attached hydrogens (tertiary/aromatic N) is 1. The number of carbonyl (C=O) groups excluding carboxylic acids is 10. The molecule has 1 rings (SSSR count). The molecule has 0 unspecified atom stereocenters. The van der Waals surface area contributed by atoms with Crippen LogP contribution in [-0.2, 0) is 52.7 Å². The highest BCUT2D eigenvalue weighted by Gasteiger charge is 2.42. The number of nitrogens with two attached hydrogens (primary N) is 2. The molecule has 0 aromatic rings. The van der Waals surface area contributed by atoms with Crippen molar-refractivity contribution in [1.82, 2.24) is 47.4 Å². The zero-order valence-electron chi connectivity index (χ0n) is 46.5. The SMILES string of the molecule is CC(C)C[C@H](NC(=O)[C@H](CC(C)C)NC(=O)[C@H](C)NC(=O)[C@H](CC(C)C)NC(=O)[C@H](CC(C)C)NC(=O)[C@@H]1CCCN1C(=O)[C@@H](NC(=O)[C@@H](NC(=O)[C@@H](NC(=O)[C@@H](N)CC(N)=O)C(C)C)C(C)C)C(C)C)C(=O)O. The Kier molecular flexibility index (Phi) is 27.8. The lowest BCUT2D eigenvalue weighted by Crippen LogP contribution is -2.62. The maximum absolute atomic E-state index is 14.4. The molecule has 0 spiro atoms. The van der Waals surface area contributed by atoms with E-state index in [-0.39, 0.29) is 62.3 Å². The van der Waals surface area contributed by atoms with Crippen LogP contribution in [0.4, 0.5) is 0 Å². The quantitative estimate of drug-likeness (QED) is 0.0446. The third kappa shape index (κ3) is 22.3. The van der Waals surface area contributed by atoms with Crippen LogP contribution in [0, 0.1) is 41.4 Å². The Morgan fingerprint density at radius 1 is 0.473 bits per heavy atom. The Hall–Kier alpha value is -5.87. The topological polar surface area (TPSA) is 360 Å². The Labute approximate surface area is 437 Å². The maximum Gasteiger partial charge on any atom is 0.326 e. The van der Waals surface area contributed by atoms with Gasteiger partial charge in [0.05, 0.1) is 12.5 Å². The van der Waals surface area contributed by atoms with Gasteiger partial charge in [-0.05, 0) is 86.9 Å². The van der Waals surface area contributed by atoms with Crippen molar-refractivity contribution in [3.63, 3.8) is 0 Å². The molecule has 0 bridgehead atoms. The van der Waals surface area contributed by atoms with Crippen molar-refractivity contribution in [1.29, 1.82) is 0 Å². The second-order valence-electron chi connectivity index (χ2n) is 22.5. The van der Waals surface area contributed by atoms with E-state index in [0.717, 1.165) is 0 Å². The summed E-state index contributed by atoms with van der Waals surface area (Å²) in [5.74, 6) is -9.89. The van der Waals surface area contributed by atoms with Crippen molar-refractivity contribution >= 4 is 65.0 Å². The van der Waals surface area contributed by atoms with Gasteiger partial charge < -0.3 is 64.0 Å². The fourth-order valence-electron chi connectivity index (χ4n) is 8.41. The summed E-state index contributed by atoms with van der Waals surface area (Å²) < 4.78 is 0. The number of primary amides is 1.